The molecule has 0 amide bonds. The van der Waals surface area contributed by atoms with Gasteiger partial charge in [0.1, 0.15) is 11.4 Å². The molecule has 0 saturated carbocycles. The summed E-state index contributed by atoms with van der Waals surface area (Å²) in [7, 11) is 0. The van der Waals surface area contributed by atoms with Crippen LogP contribution >= 0.6 is 0 Å². The van der Waals surface area contributed by atoms with E-state index in [2.05, 4.69) is 57.4 Å². The van der Waals surface area contributed by atoms with E-state index < -0.39 is 0 Å². The zero-order chi connectivity index (χ0) is 16.5. The van der Waals surface area contributed by atoms with E-state index in [0.29, 0.717) is 23.1 Å². The Morgan fingerprint density at radius 3 is 2.75 bits per heavy atom. The Hall–Kier alpha value is -3.28. The molecular formula is C18H15N5O. The van der Waals surface area contributed by atoms with Gasteiger partial charge in [0.25, 0.3) is 5.89 Å². The summed E-state index contributed by atoms with van der Waals surface area (Å²) in [5.74, 6) is 0.841. The molecule has 6 nitrogen and oxygen atoms in total. The lowest BCUT2D eigenvalue weighted by Crippen LogP contribution is -1.84. The molecule has 1 aromatic carbocycles. The van der Waals surface area contributed by atoms with Gasteiger partial charge in [-0.3, -0.25) is 10.1 Å². The minimum atomic E-state index is 0.389. The van der Waals surface area contributed by atoms with Gasteiger partial charge in [0.2, 0.25) is 5.82 Å². The number of pyridine rings is 1. The van der Waals surface area contributed by atoms with E-state index in [1.807, 2.05) is 24.3 Å². The Labute approximate surface area is 138 Å². The molecule has 118 valence electrons. The van der Waals surface area contributed by atoms with Gasteiger partial charge in [-0.25, -0.2) is 0 Å². The number of aryl methyl sites for hydroxylation is 2. The van der Waals surface area contributed by atoms with Crippen LogP contribution in [-0.2, 0) is 0 Å². The molecule has 4 aromatic rings. The third kappa shape index (κ3) is 2.58. The molecule has 0 saturated heterocycles. The number of aromatic amines is 1. The van der Waals surface area contributed by atoms with E-state index in [9.17, 15) is 0 Å². The van der Waals surface area contributed by atoms with Crippen molar-refractivity contribution < 1.29 is 4.52 Å². The predicted molar refractivity (Wildman–Crippen MR) is 90.0 cm³/mol. The second-order valence-corrected chi connectivity index (χ2v) is 5.62. The molecule has 3 heterocycles. The highest BCUT2D eigenvalue weighted by atomic mass is 16.5. The van der Waals surface area contributed by atoms with Crippen molar-refractivity contribution in [1.29, 1.82) is 0 Å². The number of nitrogens with zero attached hydrogens (tertiary/aromatic N) is 4. The van der Waals surface area contributed by atoms with Crippen molar-refractivity contribution in [2.24, 2.45) is 0 Å². The average molecular weight is 317 g/mol. The highest BCUT2D eigenvalue weighted by Gasteiger charge is 2.15. The second kappa shape index (κ2) is 5.73. The number of benzene rings is 1. The normalized spacial score (nSPS) is 10.9. The lowest BCUT2D eigenvalue weighted by Gasteiger charge is -2.02. The molecule has 0 atom stereocenters. The van der Waals surface area contributed by atoms with Crippen molar-refractivity contribution in [3.63, 3.8) is 0 Å². The molecule has 24 heavy (non-hydrogen) atoms. The summed E-state index contributed by atoms with van der Waals surface area (Å²) in [5.41, 5.74) is 5.64. The van der Waals surface area contributed by atoms with Crippen LogP contribution in [0.25, 0.3) is 34.4 Å². The molecule has 6 heteroatoms. The summed E-state index contributed by atoms with van der Waals surface area (Å²) in [6.45, 7) is 4.13. The van der Waals surface area contributed by atoms with Crippen LogP contribution in [0.5, 0.6) is 0 Å². The zero-order valence-electron chi connectivity index (χ0n) is 13.3. The summed E-state index contributed by atoms with van der Waals surface area (Å²) >= 11 is 0. The van der Waals surface area contributed by atoms with Crippen LogP contribution in [0, 0.1) is 13.8 Å². The van der Waals surface area contributed by atoms with E-state index in [1.54, 1.807) is 6.20 Å². The molecule has 0 fully saturated rings. The first-order chi connectivity index (χ1) is 11.7. The SMILES string of the molecule is Cc1ccc(C)c(-c2cc(-c3nc(-c4ccccn4)no3)[nH]n2)c1. The van der Waals surface area contributed by atoms with Crippen molar-refractivity contribution in [1.82, 2.24) is 25.3 Å². The van der Waals surface area contributed by atoms with E-state index in [-0.39, 0.29) is 0 Å². The summed E-state index contributed by atoms with van der Waals surface area (Å²) in [4.78, 5) is 8.61. The van der Waals surface area contributed by atoms with Gasteiger partial charge >= 0.3 is 0 Å². The van der Waals surface area contributed by atoms with Gasteiger partial charge in [-0.05, 0) is 43.7 Å². The van der Waals surface area contributed by atoms with Crippen LogP contribution in [0.3, 0.4) is 0 Å². The third-order valence-corrected chi connectivity index (χ3v) is 3.80. The number of rotatable bonds is 3. The molecule has 0 bridgehead atoms. The maximum Gasteiger partial charge on any atom is 0.276 e. The fourth-order valence-electron chi connectivity index (χ4n) is 2.51. The van der Waals surface area contributed by atoms with E-state index >= 15 is 0 Å². The van der Waals surface area contributed by atoms with Gasteiger partial charge in [0.15, 0.2) is 0 Å². The van der Waals surface area contributed by atoms with Crippen molar-refractivity contribution in [2.45, 2.75) is 13.8 Å². The number of hydrogen-bond donors (Lipinski definition) is 1. The summed E-state index contributed by atoms with van der Waals surface area (Å²) in [6, 6.07) is 13.8. The monoisotopic (exact) mass is 317 g/mol. The van der Waals surface area contributed by atoms with Gasteiger partial charge in [-0.1, -0.05) is 28.9 Å². The van der Waals surface area contributed by atoms with E-state index in [0.717, 1.165) is 11.3 Å². The molecule has 0 radical (unpaired) electrons. The smallest absolute Gasteiger partial charge is 0.276 e. The van der Waals surface area contributed by atoms with Crippen molar-refractivity contribution >= 4 is 0 Å². The van der Waals surface area contributed by atoms with Gasteiger partial charge in [-0.2, -0.15) is 10.1 Å². The lowest BCUT2D eigenvalue weighted by molar-refractivity contribution is 0.430. The number of H-pyrrole nitrogens is 1. The minimum absolute atomic E-state index is 0.389. The molecule has 0 unspecified atom stereocenters. The number of aromatic nitrogens is 5. The Bertz CT molecular complexity index is 988. The molecule has 0 aliphatic carbocycles. The van der Waals surface area contributed by atoms with Crippen LogP contribution in [0.1, 0.15) is 11.1 Å². The number of hydrogen-bond acceptors (Lipinski definition) is 5. The molecule has 1 N–H and O–H groups in total. The lowest BCUT2D eigenvalue weighted by atomic mass is 10.0. The highest BCUT2D eigenvalue weighted by Crippen LogP contribution is 2.27. The summed E-state index contributed by atoms with van der Waals surface area (Å²) in [6.07, 6.45) is 1.69. The molecule has 0 aliphatic rings. The molecule has 0 aliphatic heterocycles. The minimum Gasteiger partial charge on any atom is -0.332 e. The quantitative estimate of drug-likeness (QED) is 0.621. The summed E-state index contributed by atoms with van der Waals surface area (Å²) < 4.78 is 5.34. The van der Waals surface area contributed by atoms with Crippen LogP contribution in [0.4, 0.5) is 0 Å². The average Bonchev–Trinajstić information content (AvgIpc) is 3.27. The summed E-state index contributed by atoms with van der Waals surface area (Å²) in [5, 5.41) is 11.3. The first-order valence-corrected chi connectivity index (χ1v) is 7.59. The maximum absolute atomic E-state index is 5.34. The van der Waals surface area contributed by atoms with Crippen LogP contribution in [0.15, 0.2) is 53.2 Å². The fourth-order valence-corrected chi connectivity index (χ4v) is 2.51. The standard InChI is InChI=1S/C18H15N5O/c1-11-6-7-12(2)13(9-11)15-10-16(22-21-15)18-20-17(23-24-18)14-5-3-4-8-19-14/h3-10H,1-2H3,(H,21,22). The zero-order valence-corrected chi connectivity index (χ0v) is 13.3. The molecule has 0 spiro atoms. The van der Waals surface area contributed by atoms with Crippen LogP contribution in [-0.4, -0.2) is 25.3 Å². The van der Waals surface area contributed by atoms with Crippen molar-refractivity contribution in [2.75, 3.05) is 0 Å². The highest BCUT2D eigenvalue weighted by molar-refractivity contribution is 5.68. The first kappa shape index (κ1) is 14.3. The number of nitrogens with one attached hydrogen (secondary N) is 1. The third-order valence-electron chi connectivity index (χ3n) is 3.80. The van der Waals surface area contributed by atoms with Gasteiger partial charge in [0, 0.05) is 11.8 Å². The molecule has 3 aromatic heterocycles. The first-order valence-electron chi connectivity index (χ1n) is 7.59. The molecule has 4 rings (SSSR count). The topological polar surface area (TPSA) is 80.5 Å². The van der Waals surface area contributed by atoms with Crippen LogP contribution in [0.2, 0.25) is 0 Å². The predicted octanol–water partition coefficient (Wildman–Crippen LogP) is 3.81. The molecular weight excluding hydrogens is 302 g/mol. The largest absolute Gasteiger partial charge is 0.332 e. The Morgan fingerprint density at radius 1 is 1.00 bits per heavy atom. The Morgan fingerprint density at radius 2 is 1.92 bits per heavy atom. The van der Waals surface area contributed by atoms with Crippen LogP contribution < -0.4 is 0 Å². The maximum atomic E-state index is 5.34. The van der Waals surface area contributed by atoms with E-state index in [4.69, 9.17) is 4.52 Å². The van der Waals surface area contributed by atoms with Gasteiger partial charge in [0.05, 0.1) is 5.69 Å². The van der Waals surface area contributed by atoms with Gasteiger partial charge in [-0.15, -0.1) is 0 Å². The van der Waals surface area contributed by atoms with Crippen molar-refractivity contribution in [3.05, 3.63) is 59.8 Å². The van der Waals surface area contributed by atoms with Crippen molar-refractivity contribution in [3.8, 4) is 34.4 Å². The Kier molecular flexibility index (Phi) is 3.42. The Balaban J connectivity index is 1.68. The second-order valence-electron chi connectivity index (χ2n) is 5.62. The fraction of sp³-hybridized carbons (Fsp3) is 0.111. The van der Waals surface area contributed by atoms with Gasteiger partial charge < -0.3 is 4.52 Å². The van der Waals surface area contributed by atoms with E-state index in [1.165, 1.54) is 11.1 Å².